The summed E-state index contributed by atoms with van der Waals surface area (Å²) in [5.74, 6) is -2.53. The maximum absolute atomic E-state index is 12.8. The van der Waals surface area contributed by atoms with Crippen molar-refractivity contribution in [3.05, 3.63) is 108 Å². The van der Waals surface area contributed by atoms with E-state index in [9.17, 15) is 82.9 Å². The van der Waals surface area contributed by atoms with E-state index in [0.717, 1.165) is 60.7 Å². The van der Waals surface area contributed by atoms with Gasteiger partial charge in [0, 0.05) is 22.7 Å². The van der Waals surface area contributed by atoms with Crippen molar-refractivity contribution in [1.82, 2.24) is 29.9 Å². The topological polar surface area (TPSA) is 547 Å². The molecule has 82 heavy (non-hydrogen) atoms. The second-order valence-electron chi connectivity index (χ2n) is 16.0. The molecule has 428 valence electrons. The van der Waals surface area contributed by atoms with Crippen molar-refractivity contribution in [2.45, 2.75) is 29.4 Å². The van der Waals surface area contributed by atoms with Gasteiger partial charge >= 0.3 is 0 Å². The SMILES string of the molecule is Nc1c(N=Nc2ccc(Nc3nc(Cl)nc(Nc4ccc(S(=O)(=O)O)cc4)n3)cc2S(=O)(=O)O)c(S(=O)(=O)O)cc2cc(S(=O)(=O)O)c(N=Nc3ccc(Nc4nc(Cl)nc(Nc5ccc(S(=O)(=O)O)cc5)n4)cc3S(=O)(=O)O)c(O)c12. The Labute approximate surface area is 469 Å². The average molecular weight is 1290 g/mol. The Bertz CT molecular complexity index is 4450. The number of phenolic OH excluding ortho intramolecular Hbond substituents is 1. The van der Waals surface area contributed by atoms with Crippen LogP contribution in [0, 0.1) is 0 Å². The standard InChI is InChI=1S/C40H29Cl2N15O19S6/c41-35-48-37(44-18-1-7-22(8-2-18)77(59,60)61)52-39(50-35)46-20-5-11-24(26(15-20)79(65,66)67)54-56-32-28(81(71,72)73)13-17-14-29(82(74,75)76)33(34(58)30(17)31(32)43)57-55-25-12-6-21(16-27(25)80(68,69)70)47-40-51-36(42)49-38(53-40)45-19-3-9-23(10-4-19)78(62,63)64/h1-16,58H,43H2,(H,59,60,61)(H,62,63,64)(H,65,66,67)(H,68,69,70)(H,71,72,73)(H,74,75,76)(H2,44,46,48,50,52)(H2,45,47,49,51,53). The number of phenols is 1. The zero-order chi connectivity index (χ0) is 60.1. The highest BCUT2D eigenvalue weighted by Crippen LogP contribution is 2.49. The zero-order valence-corrected chi connectivity index (χ0v) is 45.9. The summed E-state index contributed by atoms with van der Waals surface area (Å²) in [7, 11) is -30.7. The van der Waals surface area contributed by atoms with Crippen molar-refractivity contribution < 1.29 is 82.9 Å². The first kappa shape index (κ1) is 59.8. The van der Waals surface area contributed by atoms with E-state index in [-0.39, 0.29) is 46.5 Å². The van der Waals surface area contributed by atoms with Crippen molar-refractivity contribution in [3.8, 4) is 5.75 Å². The third-order valence-electron chi connectivity index (χ3n) is 10.4. The molecule has 8 rings (SSSR count). The molecule has 0 unspecified atom stereocenters. The van der Waals surface area contributed by atoms with Crippen LogP contribution in [0.3, 0.4) is 0 Å². The first-order valence-corrected chi connectivity index (χ1v) is 30.6. The van der Waals surface area contributed by atoms with E-state index in [1.54, 1.807) is 0 Å². The van der Waals surface area contributed by atoms with Crippen molar-refractivity contribution in [1.29, 1.82) is 0 Å². The van der Waals surface area contributed by atoms with Crippen LogP contribution in [0.2, 0.25) is 10.6 Å². The molecule has 0 bridgehead atoms. The zero-order valence-electron chi connectivity index (χ0n) is 39.5. The summed E-state index contributed by atoms with van der Waals surface area (Å²) in [4.78, 5) is 18.1. The van der Waals surface area contributed by atoms with Gasteiger partial charge in [0.2, 0.25) is 34.4 Å². The summed E-state index contributed by atoms with van der Waals surface area (Å²) in [5.41, 5.74) is 1.52. The lowest BCUT2D eigenvalue weighted by Crippen LogP contribution is -2.05. The lowest BCUT2D eigenvalue weighted by atomic mass is 10.1. The number of azo groups is 2. The molecule has 0 aliphatic heterocycles. The summed E-state index contributed by atoms with van der Waals surface area (Å²) < 4.78 is 207. The van der Waals surface area contributed by atoms with E-state index in [2.05, 4.69) is 71.6 Å². The number of hydrogen-bond acceptors (Lipinski definition) is 28. The number of aromatic nitrogens is 6. The maximum atomic E-state index is 12.8. The Morgan fingerprint density at radius 2 is 0.707 bits per heavy atom. The van der Waals surface area contributed by atoms with Gasteiger partial charge in [0.05, 0.1) is 20.9 Å². The van der Waals surface area contributed by atoms with E-state index >= 15 is 0 Å². The molecule has 8 aromatic rings. The predicted octanol–water partition coefficient (Wildman–Crippen LogP) is 7.09. The van der Waals surface area contributed by atoms with Crippen LogP contribution in [-0.2, 0) is 60.7 Å². The van der Waals surface area contributed by atoms with Crippen LogP contribution in [0.5, 0.6) is 5.75 Å². The number of aromatic hydroxyl groups is 1. The Hall–Kier alpha value is -8.36. The summed E-state index contributed by atoms with van der Waals surface area (Å²) in [6.07, 6.45) is 0. The largest absolute Gasteiger partial charge is 0.505 e. The molecule has 0 spiro atoms. The number of fused-ring (bicyclic) bond motifs is 1. The number of nitrogens with one attached hydrogen (secondary N) is 4. The molecule has 0 saturated carbocycles. The summed E-state index contributed by atoms with van der Waals surface area (Å²) >= 11 is 12.1. The van der Waals surface area contributed by atoms with E-state index in [0.29, 0.717) is 12.1 Å². The van der Waals surface area contributed by atoms with Crippen molar-refractivity contribution in [3.63, 3.8) is 0 Å². The van der Waals surface area contributed by atoms with Crippen molar-refractivity contribution in [2.24, 2.45) is 20.5 Å². The Morgan fingerprint density at radius 1 is 0.390 bits per heavy atom. The van der Waals surface area contributed by atoms with E-state index in [1.165, 1.54) is 24.3 Å². The maximum Gasteiger partial charge on any atom is 0.296 e. The fraction of sp³-hybridized carbons (Fsp3) is 0. The molecule has 6 aromatic carbocycles. The molecule has 0 atom stereocenters. The van der Waals surface area contributed by atoms with Crippen molar-refractivity contribution >= 4 is 170 Å². The van der Waals surface area contributed by atoms with Gasteiger partial charge in [-0.3, -0.25) is 27.3 Å². The molecule has 13 N–H and O–H groups in total. The lowest BCUT2D eigenvalue weighted by molar-refractivity contribution is 0.472. The minimum absolute atomic E-state index is 0.194. The number of nitrogens with zero attached hydrogens (tertiary/aromatic N) is 10. The van der Waals surface area contributed by atoms with Crippen LogP contribution in [0.15, 0.2) is 147 Å². The molecule has 2 heterocycles. The molecule has 0 radical (unpaired) electrons. The second kappa shape index (κ2) is 22.2. The van der Waals surface area contributed by atoms with Gasteiger partial charge in [-0.15, -0.1) is 20.5 Å². The van der Waals surface area contributed by atoms with Gasteiger partial charge in [0.25, 0.3) is 60.7 Å². The van der Waals surface area contributed by atoms with Crippen LogP contribution >= 0.6 is 23.2 Å². The molecule has 2 aromatic heterocycles. The number of rotatable bonds is 18. The molecule has 0 fully saturated rings. The molecule has 0 saturated heterocycles. The summed E-state index contributed by atoms with van der Waals surface area (Å²) in [6, 6.07) is 15.7. The first-order valence-electron chi connectivity index (χ1n) is 21.2. The number of hydrogen-bond donors (Lipinski definition) is 12. The fourth-order valence-corrected chi connectivity index (χ4v) is 10.8. The van der Waals surface area contributed by atoms with Crippen LogP contribution in [0.1, 0.15) is 0 Å². The first-order chi connectivity index (χ1) is 38.0. The minimum Gasteiger partial charge on any atom is -0.505 e. The highest BCUT2D eigenvalue weighted by atomic mass is 35.5. The normalized spacial score (nSPS) is 12.7. The number of anilines is 9. The van der Waals surface area contributed by atoms with Crippen LogP contribution in [0.4, 0.5) is 75.0 Å². The quantitative estimate of drug-likeness (QED) is 0.0232. The van der Waals surface area contributed by atoms with Crippen molar-refractivity contribution in [2.75, 3.05) is 27.0 Å². The fourth-order valence-electron chi connectivity index (χ4n) is 6.93. The molecular weight excluding hydrogens is 1260 g/mol. The number of halogens is 2. The molecule has 42 heteroatoms. The third-order valence-corrected chi connectivity index (χ3v) is 16.0. The number of nitrogens with two attached hydrogens (primary N) is 1. The van der Waals surface area contributed by atoms with Gasteiger partial charge in [0.15, 0.2) is 5.75 Å². The van der Waals surface area contributed by atoms with Gasteiger partial charge < -0.3 is 32.1 Å². The second-order valence-corrected chi connectivity index (χ2v) is 25.1. The van der Waals surface area contributed by atoms with E-state index in [1.807, 2.05) is 0 Å². The molecule has 0 amide bonds. The monoisotopic (exact) mass is 1280 g/mol. The van der Waals surface area contributed by atoms with Gasteiger partial charge in [-0.25, -0.2) is 0 Å². The minimum atomic E-state index is -5.53. The Balaban J connectivity index is 1.13. The van der Waals surface area contributed by atoms with Crippen LogP contribution < -0.4 is 27.0 Å². The van der Waals surface area contributed by atoms with Gasteiger partial charge in [-0.05, 0) is 126 Å². The Morgan fingerprint density at radius 3 is 1.05 bits per heavy atom. The van der Waals surface area contributed by atoms with E-state index < -0.39 is 146 Å². The van der Waals surface area contributed by atoms with Crippen LogP contribution in [-0.4, -0.2) is 113 Å². The van der Waals surface area contributed by atoms with Gasteiger partial charge in [0.1, 0.15) is 42.3 Å². The highest BCUT2D eigenvalue weighted by molar-refractivity contribution is 7.87. The van der Waals surface area contributed by atoms with Gasteiger partial charge in [-0.1, -0.05) is 0 Å². The van der Waals surface area contributed by atoms with E-state index in [4.69, 9.17) is 28.9 Å². The smallest absolute Gasteiger partial charge is 0.296 e. The highest BCUT2D eigenvalue weighted by Gasteiger charge is 2.29. The van der Waals surface area contributed by atoms with Gasteiger partial charge in [-0.2, -0.15) is 80.4 Å². The molecule has 34 nitrogen and oxygen atoms in total. The summed E-state index contributed by atoms with van der Waals surface area (Å²) in [6.45, 7) is 0. The molecule has 0 aliphatic rings. The van der Waals surface area contributed by atoms with Crippen LogP contribution in [0.25, 0.3) is 10.8 Å². The third kappa shape index (κ3) is 14.0. The lowest BCUT2D eigenvalue weighted by Gasteiger charge is -2.14. The number of nitrogen functional groups attached to an aromatic ring is 1. The predicted molar refractivity (Wildman–Crippen MR) is 286 cm³/mol. The summed E-state index contributed by atoms with van der Waals surface area (Å²) in [5, 5.41) is 34.6. The average Bonchev–Trinajstić information content (AvgIpc) is 1.57. The number of benzene rings is 6. The molecule has 0 aliphatic carbocycles. The Kier molecular flexibility index (Phi) is 16.2. The molecular formula is C40H29Cl2N15O19S6.